The number of rotatable bonds is 9. The summed E-state index contributed by atoms with van der Waals surface area (Å²) in [5, 5.41) is 7.60. The van der Waals surface area contributed by atoms with Gasteiger partial charge in [-0.1, -0.05) is 52.1 Å². The lowest BCUT2D eigenvalue weighted by atomic mass is 9.78. The molecule has 0 saturated carbocycles. The molecule has 2 aromatic rings. The first kappa shape index (κ1) is 24.4. The molecule has 2 aliphatic rings. The van der Waals surface area contributed by atoms with E-state index in [0.29, 0.717) is 13.2 Å². The van der Waals surface area contributed by atoms with Gasteiger partial charge in [0, 0.05) is 11.5 Å². The molecule has 0 amide bonds. The van der Waals surface area contributed by atoms with Gasteiger partial charge in [-0.25, -0.2) is 4.79 Å². The molecule has 6 nitrogen and oxygen atoms in total. The molecule has 4 rings (SSSR count). The van der Waals surface area contributed by atoms with Crippen molar-refractivity contribution < 1.29 is 28.8 Å². The first-order valence-corrected chi connectivity index (χ1v) is 9.93. The Bertz CT molecular complexity index is 772. The summed E-state index contributed by atoms with van der Waals surface area (Å²) in [6.45, 7) is 10.3. The number of ether oxygens (including phenoxy) is 4. The van der Waals surface area contributed by atoms with E-state index in [1.165, 1.54) is 11.1 Å². The lowest BCUT2D eigenvalue weighted by molar-refractivity contribution is -0.131. The lowest BCUT2D eigenvalue weighted by Gasteiger charge is -2.26. The molecule has 0 aromatic heterocycles. The number of benzene rings is 2. The van der Waals surface area contributed by atoms with Gasteiger partial charge in [0.25, 0.3) is 0 Å². The summed E-state index contributed by atoms with van der Waals surface area (Å²) in [5.74, 6) is 0.798. The van der Waals surface area contributed by atoms with Gasteiger partial charge >= 0.3 is 5.97 Å². The Morgan fingerprint density at radius 1 is 0.968 bits per heavy atom. The lowest BCUT2D eigenvalue weighted by Crippen LogP contribution is -2.18. The number of carbonyl (C=O) groups is 1. The fourth-order valence-corrected chi connectivity index (χ4v) is 2.81. The number of carboxylic acid groups (broad SMARTS) is 1. The highest BCUT2D eigenvalue weighted by molar-refractivity contribution is 5.78. The number of aliphatic carboxylic acids is 1. The van der Waals surface area contributed by atoms with Crippen molar-refractivity contribution in [1.29, 1.82) is 0 Å². The van der Waals surface area contributed by atoms with Crippen LogP contribution in [0.4, 0.5) is 0 Å². The topological polar surface area (TPSA) is 80.8 Å². The third-order valence-corrected chi connectivity index (χ3v) is 5.00. The van der Waals surface area contributed by atoms with Crippen LogP contribution in [0.25, 0.3) is 0 Å². The summed E-state index contributed by atoms with van der Waals surface area (Å²) in [4.78, 5) is 9.25. The van der Waals surface area contributed by atoms with Gasteiger partial charge in [-0.15, -0.1) is 0 Å². The van der Waals surface area contributed by atoms with Crippen LogP contribution in [0.5, 0.6) is 11.5 Å². The van der Waals surface area contributed by atoms with E-state index in [2.05, 4.69) is 44.7 Å². The van der Waals surface area contributed by atoms with Crippen LogP contribution < -0.4 is 9.47 Å². The third kappa shape index (κ3) is 7.74. The Balaban J connectivity index is 0.000000514. The minimum atomic E-state index is -0.981. The molecule has 0 bridgehead atoms. The van der Waals surface area contributed by atoms with Crippen LogP contribution in [0.1, 0.15) is 32.4 Å². The van der Waals surface area contributed by atoms with E-state index < -0.39 is 5.97 Å². The fourth-order valence-electron chi connectivity index (χ4n) is 2.81. The number of hydrogen-bond acceptors (Lipinski definition) is 5. The van der Waals surface area contributed by atoms with E-state index >= 15 is 0 Å². The summed E-state index contributed by atoms with van der Waals surface area (Å²) in [5.41, 5.74) is 2.42. The molecule has 2 heterocycles. The SMILES string of the molecule is C.C=CC(=O)O.CC(C)(c1ccc(OCC2CO2)cc1)c1ccc(OCC2CO2)cc1. The summed E-state index contributed by atoms with van der Waals surface area (Å²) in [6.07, 6.45) is 1.40. The van der Waals surface area contributed by atoms with Gasteiger partial charge in [0.2, 0.25) is 0 Å². The zero-order chi connectivity index (χ0) is 21.6. The summed E-state index contributed by atoms with van der Waals surface area (Å²) < 4.78 is 21.8. The van der Waals surface area contributed by atoms with Crippen LogP contribution in [-0.4, -0.2) is 49.7 Å². The Morgan fingerprint density at radius 2 is 1.29 bits per heavy atom. The molecule has 2 aromatic carbocycles. The molecule has 2 fully saturated rings. The van der Waals surface area contributed by atoms with Gasteiger partial charge in [-0.05, 0) is 35.4 Å². The monoisotopic (exact) mass is 428 g/mol. The Morgan fingerprint density at radius 3 is 1.55 bits per heavy atom. The molecular formula is C25H32O6. The molecule has 168 valence electrons. The Hall–Kier alpha value is -2.83. The first-order valence-electron chi connectivity index (χ1n) is 9.93. The molecule has 2 saturated heterocycles. The second-order valence-electron chi connectivity index (χ2n) is 7.75. The molecule has 2 aliphatic heterocycles. The average molecular weight is 429 g/mol. The highest BCUT2D eigenvalue weighted by Gasteiger charge is 2.25. The van der Waals surface area contributed by atoms with Crippen molar-refractivity contribution >= 4 is 5.97 Å². The number of hydrogen-bond donors (Lipinski definition) is 1. The van der Waals surface area contributed by atoms with E-state index in [0.717, 1.165) is 30.8 Å². The summed E-state index contributed by atoms with van der Waals surface area (Å²) in [6, 6.07) is 16.7. The second-order valence-corrected chi connectivity index (χ2v) is 7.75. The fraction of sp³-hybridized carbons (Fsp3) is 0.400. The molecular weight excluding hydrogens is 396 g/mol. The van der Waals surface area contributed by atoms with Gasteiger partial charge in [0.05, 0.1) is 13.2 Å². The van der Waals surface area contributed by atoms with Crippen molar-refractivity contribution in [2.24, 2.45) is 0 Å². The van der Waals surface area contributed by atoms with Crippen molar-refractivity contribution in [1.82, 2.24) is 0 Å². The predicted molar refractivity (Wildman–Crippen MR) is 120 cm³/mol. The maximum absolute atomic E-state index is 9.25. The van der Waals surface area contributed by atoms with E-state index in [1.807, 2.05) is 24.3 Å². The van der Waals surface area contributed by atoms with Crippen molar-refractivity contribution in [3.05, 3.63) is 72.3 Å². The average Bonchev–Trinajstić information content (AvgIpc) is 3.67. The number of epoxide rings is 2. The van der Waals surface area contributed by atoms with Crippen molar-refractivity contribution in [3.8, 4) is 11.5 Å². The largest absolute Gasteiger partial charge is 0.491 e. The van der Waals surface area contributed by atoms with Gasteiger partial charge < -0.3 is 24.1 Å². The predicted octanol–water partition coefficient (Wildman–Crippen LogP) is 4.46. The van der Waals surface area contributed by atoms with E-state index in [1.54, 1.807) is 0 Å². The van der Waals surface area contributed by atoms with Crippen LogP contribution >= 0.6 is 0 Å². The maximum atomic E-state index is 9.25. The highest BCUT2D eigenvalue weighted by atomic mass is 16.6. The van der Waals surface area contributed by atoms with Crippen molar-refractivity contribution in [2.75, 3.05) is 26.4 Å². The van der Waals surface area contributed by atoms with Gasteiger partial charge in [-0.2, -0.15) is 0 Å². The molecule has 0 aliphatic carbocycles. The highest BCUT2D eigenvalue weighted by Crippen LogP contribution is 2.33. The maximum Gasteiger partial charge on any atom is 0.327 e. The smallest absolute Gasteiger partial charge is 0.327 e. The van der Waals surface area contributed by atoms with Gasteiger partial charge in [0.1, 0.15) is 36.9 Å². The van der Waals surface area contributed by atoms with E-state index in [9.17, 15) is 4.79 Å². The van der Waals surface area contributed by atoms with Crippen molar-refractivity contribution in [3.63, 3.8) is 0 Å². The van der Waals surface area contributed by atoms with Crippen LogP contribution in [-0.2, 0) is 19.7 Å². The van der Waals surface area contributed by atoms with Crippen molar-refractivity contribution in [2.45, 2.75) is 38.9 Å². The zero-order valence-electron chi connectivity index (χ0n) is 17.4. The van der Waals surface area contributed by atoms with Crippen LogP contribution in [0.3, 0.4) is 0 Å². The number of carboxylic acids is 1. The molecule has 1 N–H and O–H groups in total. The molecule has 0 spiro atoms. The first-order chi connectivity index (χ1) is 14.4. The molecule has 2 atom stereocenters. The van der Waals surface area contributed by atoms with Crippen LogP contribution in [0.15, 0.2) is 61.2 Å². The normalized spacial score (nSPS) is 18.5. The molecule has 31 heavy (non-hydrogen) atoms. The molecule has 6 heteroatoms. The summed E-state index contributed by atoms with van der Waals surface area (Å²) in [7, 11) is 0. The van der Waals surface area contributed by atoms with Gasteiger partial charge in [-0.3, -0.25) is 0 Å². The second kappa shape index (κ2) is 11.0. The van der Waals surface area contributed by atoms with Crippen LogP contribution in [0.2, 0.25) is 0 Å². The molecule has 0 radical (unpaired) electrons. The van der Waals surface area contributed by atoms with Crippen LogP contribution in [0, 0.1) is 0 Å². The Labute approximate surface area is 184 Å². The zero-order valence-corrected chi connectivity index (χ0v) is 17.4. The minimum absolute atomic E-state index is 0. The standard InChI is InChI=1S/C21H24O4.C3H4O2.CH4/c1-21(2,15-3-7-17(8-4-15)22-11-19-13-24-19)16-5-9-18(10-6-16)23-12-20-14-25-20;1-2-3(4)5;/h3-10,19-20H,11-14H2,1-2H3;2H,1H2,(H,4,5);1H4. The molecule has 2 unspecified atom stereocenters. The minimum Gasteiger partial charge on any atom is -0.491 e. The summed E-state index contributed by atoms with van der Waals surface area (Å²) >= 11 is 0. The van der Waals surface area contributed by atoms with E-state index in [-0.39, 0.29) is 25.0 Å². The third-order valence-electron chi connectivity index (χ3n) is 5.00. The Kier molecular flexibility index (Phi) is 8.65. The quantitative estimate of drug-likeness (QED) is 0.469. The van der Waals surface area contributed by atoms with E-state index in [4.69, 9.17) is 24.1 Å². The van der Waals surface area contributed by atoms with Gasteiger partial charge in [0.15, 0.2) is 0 Å².